The largest absolute Gasteiger partial charge is 0.457 e. The topological polar surface area (TPSA) is 52.4 Å². The lowest BCUT2D eigenvalue weighted by molar-refractivity contribution is -0.385. The Morgan fingerprint density at radius 3 is 2.58 bits per heavy atom. The lowest BCUT2D eigenvalue weighted by Gasteiger charge is -2.06. The zero-order valence-electron chi connectivity index (χ0n) is 9.27. The third-order valence-corrected chi connectivity index (χ3v) is 2.94. The molecule has 0 atom stereocenters. The number of non-ortho nitro benzene ring substituents is 1. The Hall–Kier alpha value is -1.66. The van der Waals surface area contributed by atoms with Gasteiger partial charge in [-0.2, -0.15) is 0 Å². The molecule has 98 valence electrons. The summed E-state index contributed by atoms with van der Waals surface area (Å²) >= 11 is 8.77. The zero-order valence-corrected chi connectivity index (χ0v) is 11.6. The first-order valence-corrected chi connectivity index (χ1v) is 6.20. The third-order valence-electron chi connectivity index (χ3n) is 2.19. The van der Waals surface area contributed by atoms with Crippen molar-refractivity contribution in [2.24, 2.45) is 0 Å². The van der Waals surface area contributed by atoms with Crippen molar-refractivity contribution in [1.82, 2.24) is 0 Å². The molecule has 2 aromatic rings. The van der Waals surface area contributed by atoms with Crippen LogP contribution in [0.3, 0.4) is 0 Å². The van der Waals surface area contributed by atoms with Gasteiger partial charge in [0.05, 0.1) is 16.0 Å². The smallest absolute Gasteiger partial charge is 0.274 e. The van der Waals surface area contributed by atoms with E-state index in [1.54, 1.807) is 6.07 Å². The highest BCUT2D eigenvalue weighted by molar-refractivity contribution is 9.10. The first kappa shape index (κ1) is 13.8. The van der Waals surface area contributed by atoms with Crippen LogP contribution >= 0.6 is 27.5 Å². The van der Waals surface area contributed by atoms with Crippen molar-refractivity contribution in [1.29, 1.82) is 0 Å². The number of rotatable bonds is 3. The van der Waals surface area contributed by atoms with Crippen molar-refractivity contribution in [3.8, 4) is 11.5 Å². The van der Waals surface area contributed by atoms with Gasteiger partial charge < -0.3 is 4.74 Å². The molecule has 0 bridgehead atoms. The highest BCUT2D eigenvalue weighted by Gasteiger charge is 2.10. The molecule has 19 heavy (non-hydrogen) atoms. The summed E-state index contributed by atoms with van der Waals surface area (Å²) < 4.78 is 18.9. The summed E-state index contributed by atoms with van der Waals surface area (Å²) in [5.74, 6) is -0.0169. The van der Waals surface area contributed by atoms with Crippen molar-refractivity contribution in [2.75, 3.05) is 0 Å². The van der Waals surface area contributed by atoms with Crippen LogP contribution in [0.25, 0.3) is 0 Å². The number of nitrogens with zero attached hydrogens (tertiary/aromatic N) is 1. The Balaban J connectivity index is 2.32. The molecular formula is C12H6BrClFNO3. The number of halogens is 3. The van der Waals surface area contributed by atoms with Gasteiger partial charge in [0.15, 0.2) is 0 Å². The Morgan fingerprint density at radius 2 is 1.95 bits per heavy atom. The van der Waals surface area contributed by atoms with Gasteiger partial charge in [-0.15, -0.1) is 0 Å². The number of nitro groups is 1. The fourth-order valence-corrected chi connectivity index (χ4v) is 2.02. The Morgan fingerprint density at radius 1 is 1.21 bits per heavy atom. The molecule has 0 aromatic heterocycles. The molecule has 0 fully saturated rings. The summed E-state index contributed by atoms with van der Waals surface area (Å²) in [6.45, 7) is 0. The van der Waals surface area contributed by atoms with Crippen molar-refractivity contribution >= 4 is 33.2 Å². The van der Waals surface area contributed by atoms with E-state index in [2.05, 4.69) is 15.9 Å². The fourth-order valence-electron chi connectivity index (χ4n) is 1.39. The maximum absolute atomic E-state index is 13.0. The second-order valence-corrected chi connectivity index (χ2v) is 4.90. The average molecular weight is 347 g/mol. The number of nitro benzene ring substituents is 1. The van der Waals surface area contributed by atoms with Gasteiger partial charge >= 0.3 is 0 Å². The average Bonchev–Trinajstić information content (AvgIpc) is 2.33. The molecule has 0 spiro atoms. The predicted molar refractivity (Wildman–Crippen MR) is 72.3 cm³/mol. The minimum absolute atomic E-state index is 0.0815. The normalized spacial score (nSPS) is 10.3. The summed E-state index contributed by atoms with van der Waals surface area (Å²) in [5.41, 5.74) is -0.113. The van der Waals surface area contributed by atoms with Crippen LogP contribution in [0.1, 0.15) is 0 Å². The van der Waals surface area contributed by atoms with Gasteiger partial charge in [-0.25, -0.2) is 4.39 Å². The molecule has 7 heteroatoms. The van der Waals surface area contributed by atoms with Gasteiger partial charge in [-0.05, 0) is 18.2 Å². The molecule has 0 N–H and O–H groups in total. The lowest BCUT2D eigenvalue weighted by atomic mass is 10.3. The highest BCUT2D eigenvalue weighted by atomic mass is 79.9. The molecule has 0 saturated carbocycles. The maximum Gasteiger partial charge on any atom is 0.274 e. The second kappa shape index (κ2) is 5.54. The van der Waals surface area contributed by atoms with E-state index in [0.29, 0.717) is 10.2 Å². The van der Waals surface area contributed by atoms with E-state index in [1.807, 2.05) is 0 Å². The maximum atomic E-state index is 13.0. The molecule has 0 aliphatic carbocycles. The molecule has 0 amide bonds. The second-order valence-electron chi connectivity index (χ2n) is 3.58. The summed E-state index contributed by atoms with van der Waals surface area (Å²) in [6, 6.07) is 8.01. The number of benzene rings is 2. The van der Waals surface area contributed by atoms with Crippen LogP contribution < -0.4 is 4.74 Å². The quantitative estimate of drug-likeness (QED) is 0.584. The molecular weight excluding hydrogens is 340 g/mol. The Labute approximate surface area is 121 Å². The molecule has 0 heterocycles. The molecule has 2 rings (SSSR count). The van der Waals surface area contributed by atoms with Crippen LogP contribution in [-0.4, -0.2) is 4.92 Å². The van der Waals surface area contributed by atoms with E-state index < -0.39 is 10.7 Å². The predicted octanol–water partition coefficient (Wildman–Crippen LogP) is 4.94. The zero-order chi connectivity index (χ0) is 14.0. The van der Waals surface area contributed by atoms with E-state index in [-0.39, 0.29) is 16.5 Å². The van der Waals surface area contributed by atoms with Gasteiger partial charge in [0.25, 0.3) is 5.69 Å². The first-order chi connectivity index (χ1) is 8.95. The number of hydrogen-bond acceptors (Lipinski definition) is 3. The van der Waals surface area contributed by atoms with Crippen molar-refractivity contribution in [2.45, 2.75) is 0 Å². The molecule has 2 aromatic carbocycles. The standard InChI is InChI=1S/C12H6BrClFNO3/c13-7-3-8(16(17)18)5-10(4-7)19-9-1-2-12(15)11(14)6-9/h1-6H. The van der Waals surface area contributed by atoms with E-state index in [9.17, 15) is 14.5 Å². The van der Waals surface area contributed by atoms with Gasteiger partial charge in [0.2, 0.25) is 0 Å². The molecule has 0 unspecified atom stereocenters. The monoisotopic (exact) mass is 345 g/mol. The third kappa shape index (κ3) is 3.42. The van der Waals surface area contributed by atoms with Crippen LogP contribution in [0.2, 0.25) is 5.02 Å². The molecule has 0 aliphatic heterocycles. The molecule has 0 radical (unpaired) electrons. The van der Waals surface area contributed by atoms with E-state index in [0.717, 1.165) is 6.07 Å². The summed E-state index contributed by atoms with van der Waals surface area (Å²) in [5, 5.41) is 10.6. The fraction of sp³-hybridized carbons (Fsp3) is 0. The van der Waals surface area contributed by atoms with Crippen LogP contribution in [0, 0.1) is 15.9 Å². The minimum atomic E-state index is -0.561. The summed E-state index contributed by atoms with van der Waals surface area (Å²) in [4.78, 5) is 10.2. The number of ether oxygens (including phenoxy) is 1. The Kier molecular flexibility index (Phi) is 4.01. The first-order valence-electron chi connectivity index (χ1n) is 5.03. The molecule has 0 saturated heterocycles. The van der Waals surface area contributed by atoms with Gasteiger partial charge in [-0.3, -0.25) is 10.1 Å². The van der Waals surface area contributed by atoms with E-state index in [1.165, 1.54) is 24.3 Å². The number of hydrogen-bond donors (Lipinski definition) is 0. The van der Waals surface area contributed by atoms with Gasteiger partial charge in [-0.1, -0.05) is 27.5 Å². The van der Waals surface area contributed by atoms with Crippen LogP contribution in [0.4, 0.5) is 10.1 Å². The molecule has 4 nitrogen and oxygen atoms in total. The highest BCUT2D eigenvalue weighted by Crippen LogP contribution is 2.31. The van der Waals surface area contributed by atoms with Crippen LogP contribution in [-0.2, 0) is 0 Å². The van der Waals surface area contributed by atoms with Crippen molar-refractivity contribution in [3.05, 3.63) is 61.8 Å². The SMILES string of the molecule is O=[N+]([O-])c1cc(Br)cc(Oc2ccc(F)c(Cl)c2)c1. The van der Waals surface area contributed by atoms with Gasteiger partial charge in [0, 0.05) is 16.6 Å². The summed E-state index contributed by atoms with van der Waals surface area (Å²) in [6.07, 6.45) is 0. The van der Waals surface area contributed by atoms with Gasteiger partial charge in [0.1, 0.15) is 17.3 Å². The summed E-state index contributed by atoms with van der Waals surface area (Å²) in [7, 11) is 0. The van der Waals surface area contributed by atoms with Crippen LogP contribution in [0.15, 0.2) is 40.9 Å². The lowest BCUT2D eigenvalue weighted by Crippen LogP contribution is -1.90. The van der Waals surface area contributed by atoms with E-state index >= 15 is 0 Å². The Bertz CT molecular complexity index is 651. The molecule has 0 aliphatic rings. The van der Waals surface area contributed by atoms with Crippen molar-refractivity contribution < 1.29 is 14.1 Å². The minimum Gasteiger partial charge on any atom is -0.457 e. The van der Waals surface area contributed by atoms with E-state index in [4.69, 9.17) is 16.3 Å². The van der Waals surface area contributed by atoms with Crippen LogP contribution in [0.5, 0.6) is 11.5 Å². The van der Waals surface area contributed by atoms with Crippen molar-refractivity contribution in [3.63, 3.8) is 0 Å².